The second-order valence-electron chi connectivity index (χ2n) is 12.4. The zero-order chi connectivity index (χ0) is 29.3. The van der Waals surface area contributed by atoms with E-state index in [1.165, 1.54) is 21.5 Å². The highest BCUT2D eigenvalue weighted by Crippen LogP contribution is 2.38. The van der Waals surface area contributed by atoms with E-state index in [0.29, 0.717) is 43.3 Å². The molecule has 5 unspecified atom stereocenters. The van der Waals surface area contributed by atoms with Crippen LogP contribution >= 0.6 is 0 Å². The fraction of sp³-hybridized carbons (Fsp3) is 0.600. The third-order valence-corrected chi connectivity index (χ3v) is 9.09. The molecule has 0 bridgehead atoms. The van der Waals surface area contributed by atoms with Gasteiger partial charge in [0.15, 0.2) is 5.78 Å². The summed E-state index contributed by atoms with van der Waals surface area (Å²) in [6, 6.07) is 9.24. The standard InChI is InChI=1S/C30H44N8O3/c1-4-21(36-17-20-7-10-24(31)23(20)18-36)15-19-5-8-22(9-6-19)37-13-11-26(34-28(37)40)35-29(41)38-14-12-33-16-25(38)27(39)30(2,3)32/h5-6,8-9,11,13,20-21,23-25,33H,4,7,10,12,14-18,31-32H2,1-3H3,(H,34,35,40,41). The van der Waals surface area contributed by atoms with Gasteiger partial charge in [-0.25, -0.2) is 9.59 Å². The number of nitrogens with one attached hydrogen (secondary N) is 2. The van der Waals surface area contributed by atoms with Crippen molar-refractivity contribution in [3.8, 4) is 5.69 Å². The first-order chi connectivity index (χ1) is 19.5. The largest absolute Gasteiger partial charge is 0.354 e. The van der Waals surface area contributed by atoms with Crippen molar-refractivity contribution in [2.75, 3.05) is 38.0 Å². The average molecular weight is 565 g/mol. The van der Waals surface area contributed by atoms with Gasteiger partial charge in [-0.15, -0.1) is 0 Å². The van der Waals surface area contributed by atoms with E-state index >= 15 is 0 Å². The van der Waals surface area contributed by atoms with Gasteiger partial charge in [-0.1, -0.05) is 19.1 Å². The average Bonchev–Trinajstić information content (AvgIpc) is 3.53. The molecule has 3 aliphatic rings. The minimum atomic E-state index is -1.07. The van der Waals surface area contributed by atoms with Crippen molar-refractivity contribution >= 4 is 17.6 Å². The number of carbonyl (C=O) groups excluding carboxylic acids is 2. The van der Waals surface area contributed by atoms with Gasteiger partial charge in [0.25, 0.3) is 0 Å². The predicted octanol–water partition coefficient (Wildman–Crippen LogP) is 1.33. The van der Waals surface area contributed by atoms with Gasteiger partial charge in [0.1, 0.15) is 11.9 Å². The predicted molar refractivity (Wildman–Crippen MR) is 159 cm³/mol. The first-order valence-electron chi connectivity index (χ1n) is 14.8. The second-order valence-corrected chi connectivity index (χ2v) is 12.4. The third kappa shape index (κ3) is 6.38. The molecule has 0 spiro atoms. The van der Waals surface area contributed by atoms with Crippen LogP contribution in [0.1, 0.15) is 45.6 Å². The van der Waals surface area contributed by atoms with E-state index in [4.69, 9.17) is 11.5 Å². The SMILES string of the molecule is CCC(Cc1ccc(-n2ccc(NC(=O)N3CCNCC3C(=O)C(C)(C)N)nc2=O)cc1)N1CC2CCC(N)C2C1. The maximum Gasteiger partial charge on any atom is 0.354 e. The minimum Gasteiger partial charge on any atom is -0.327 e. The Bertz CT molecular complexity index is 1300. The highest BCUT2D eigenvalue weighted by atomic mass is 16.2. The molecule has 5 rings (SSSR count). The van der Waals surface area contributed by atoms with E-state index in [1.807, 2.05) is 12.1 Å². The molecule has 2 amide bonds. The highest BCUT2D eigenvalue weighted by Gasteiger charge is 2.42. The van der Waals surface area contributed by atoms with E-state index in [9.17, 15) is 14.4 Å². The fourth-order valence-electron chi connectivity index (χ4n) is 6.70. The van der Waals surface area contributed by atoms with Crippen LogP contribution in [0.4, 0.5) is 10.6 Å². The Morgan fingerprint density at radius 1 is 1.17 bits per heavy atom. The van der Waals surface area contributed by atoms with Crippen LogP contribution < -0.4 is 27.8 Å². The Kier molecular flexibility index (Phi) is 8.60. The van der Waals surface area contributed by atoms with Gasteiger partial charge in [0.05, 0.1) is 11.2 Å². The van der Waals surface area contributed by atoms with Crippen LogP contribution in [0.2, 0.25) is 0 Å². The van der Waals surface area contributed by atoms with Gasteiger partial charge < -0.3 is 21.7 Å². The maximum absolute atomic E-state index is 13.0. The van der Waals surface area contributed by atoms with Crippen molar-refractivity contribution in [1.82, 2.24) is 24.7 Å². The molecule has 5 atom stereocenters. The van der Waals surface area contributed by atoms with Crippen LogP contribution in [0.25, 0.3) is 5.69 Å². The van der Waals surface area contributed by atoms with Crippen molar-refractivity contribution in [3.63, 3.8) is 0 Å². The molecule has 1 aromatic carbocycles. The third-order valence-electron chi connectivity index (χ3n) is 9.09. The first kappa shape index (κ1) is 29.4. The first-order valence-corrected chi connectivity index (χ1v) is 14.8. The summed E-state index contributed by atoms with van der Waals surface area (Å²) in [4.78, 5) is 46.9. The quantitative estimate of drug-likeness (QED) is 0.375. The molecule has 11 nitrogen and oxygen atoms in total. The van der Waals surface area contributed by atoms with Gasteiger partial charge in [-0.05, 0) is 75.1 Å². The summed E-state index contributed by atoms with van der Waals surface area (Å²) in [5.41, 5.74) is 12.7. The van der Waals surface area contributed by atoms with Crippen LogP contribution in [0.15, 0.2) is 41.3 Å². The van der Waals surface area contributed by atoms with E-state index in [0.717, 1.165) is 38.3 Å². The molecule has 2 aliphatic heterocycles. The minimum absolute atomic E-state index is 0.130. The van der Waals surface area contributed by atoms with E-state index in [-0.39, 0.29) is 11.6 Å². The number of piperazine rings is 1. The molecule has 3 fully saturated rings. The van der Waals surface area contributed by atoms with Crippen molar-refractivity contribution in [1.29, 1.82) is 0 Å². The van der Waals surface area contributed by atoms with Crippen molar-refractivity contribution in [3.05, 3.63) is 52.6 Å². The Labute approximate surface area is 241 Å². The number of nitrogens with two attached hydrogens (primary N) is 2. The summed E-state index contributed by atoms with van der Waals surface area (Å²) in [6.45, 7) is 8.97. The number of fused-ring (bicyclic) bond motifs is 1. The zero-order valence-corrected chi connectivity index (χ0v) is 24.4. The molecule has 6 N–H and O–H groups in total. The Morgan fingerprint density at radius 3 is 2.59 bits per heavy atom. The number of hydrogen-bond acceptors (Lipinski definition) is 8. The molecule has 2 saturated heterocycles. The summed E-state index contributed by atoms with van der Waals surface area (Å²) in [5.74, 6) is 1.28. The molecular formula is C30H44N8O3. The lowest BCUT2D eigenvalue weighted by Gasteiger charge is -2.37. The number of anilines is 1. The summed E-state index contributed by atoms with van der Waals surface area (Å²) in [6.07, 6.45) is 6.06. The van der Waals surface area contributed by atoms with Crippen LogP contribution in [0.3, 0.4) is 0 Å². The molecule has 1 aliphatic carbocycles. The lowest BCUT2D eigenvalue weighted by Crippen LogP contribution is -2.63. The number of benzene rings is 1. The highest BCUT2D eigenvalue weighted by molar-refractivity contribution is 5.97. The summed E-state index contributed by atoms with van der Waals surface area (Å²) in [5, 5.41) is 5.82. The van der Waals surface area contributed by atoms with Crippen molar-refractivity contribution in [2.24, 2.45) is 23.3 Å². The monoisotopic (exact) mass is 564 g/mol. The number of ketones is 1. The number of likely N-dealkylation sites (tertiary alicyclic amines) is 1. The van der Waals surface area contributed by atoms with Crippen LogP contribution in [-0.4, -0.2) is 87.6 Å². The van der Waals surface area contributed by atoms with Gasteiger partial charge in [-0.2, -0.15) is 4.98 Å². The lowest BCUT2D eigenvalue weighted by atomic mass is 9.93. The van der Waals surface area contributed by atoms with Crippen LogP contribution in [0, 0.1) is 11.8 Å². The molecule has 0 radical (unpaired) electrons. The number of carbonyl (C=O) groups is 2. The van der Waals surface area contributed by atoms with Gasteiger partial charge >= 0.3 is 11.7 Å². The normalized spacial score (nSPS) is 25.6. The molecule has 1 saturated carbocycles. The van der Waals surface area contributed by atoms with Gasteiger partial charge in [0, 0.05) is 51.0 Å². The molecular weight excluding hydrogens is 520 g/mol. The molecule has 11 heteroatoms. The number of nitrogens with zero attached hydrogens (tertiary/aromatic N) is 4. The maximum atomic E-state index is 13.0. The number of rotatable bonds is 8. The Hall–Kier alpha value is -3.12. The number of aromatic nitrogens is 2. The summed E-state index contributed by atoms with van der Waals surface area (Å²) >= 11 is 0. The molecule has 3 heterocycles. The second kappa shape index (κ2) is 12.0. The number of Topliss-reactive ketones (excluding diaryl/α,β-unsaturated/α-hetero) is 1. The van der Waals surface area contributed by atoms with Crippen molar-refractivity contribution < 1.29 is 9.59 Å². The number of urea groups is 1. The summed E-state index contributed by atoms with van der Waals surface area (Å²) in [7, 11) is 0. The van der Waals surface area contributed by atoms with Gasteiger partial charge in [0.2, 0.25) is 0 Å². The van der Waals surface area contributed by atoms with Crippen LogP contribution in [-0.2, 0) is 11.2 Å². The van der Waals surface area contributed by atoms with Gasteiger partial charge in [-0.3, -0.25) is 19.6 Å². The van der Waals surface area contributed by atoms with Crippen molar-refractivity contribution in [2.45, 2.75) is 70.1 Å². The van der Waals surface area contributed by atoms with E-state index in [1.54, 1.807) is 26.1 Å². The smallest absolute Gasteiger partial charge is 0.327 e. The molecule has 2 aromatic rings. The summed E-state index contributed by atoms with van der Waals surface area (Å²) < 4.78 is 1.45. The fourth-order valence-corrected chi connectivity index (χ4v) is 6.70. The number of amides is 2. The molecule has 41 heavy (non-hydrogen) atoms. The van der Waals surface area contributed by atoms with Crippen LogP contribution in [0.5, 0.6) is 0 Å². The van der Waals surface area contributed by atoms with E-state index in [2.05, 4.69) is 39.6 Å². The zero-order valence-electron chi connectivity index (χ0n) is 24.4. The van der Waals surface area contributed by atoms with E-state index < -0.39 is 23.3 Å². The topological polar surface area (TPSA) is 152 Å². The molecule has 1 aromatic heterocycles. The lowest BCUT2D eigenvalue weighted by molar-refractivity contribution is -0.127. The molecule has 222 valence electrons. The number of hydrogen-bond donors (Lipinski definition) is 4. The Balaban J connectivity index is 1.22. The Morgan fingerprint density at radius 2 is 1.93 bits per heavy atom.